The molecular weight excluding hydrogens is 274 g/mol. The van der Waals surface area contributed by atoms with Crippen molar-refractivity contribution in [3.8, 4) is 0 Å². The third kappa shape index (κ3) is 6.41. The minimum Gasteiger partial charge on any atom is -0.379 e. The highest BCUT2D eigenvalue weighted by molar-refractivity contribution is 5.96. The van der Waals surface area contributed by atoms with E-state index in [9.17, 15) is 9.59 Å². The molecule has 0 bridgehead atoms. The summed E-state index contributed by atoms with van der Waals surface area (Å²) >= 11 is 0. The lowest BCUT2D eigenvalue weighted by Gasteiger charge is -2.26. The van der Waals surface area contributed by atoms with Crippen molar-refractivity contribution in [2.75, 3.05) is 52.5 Å². The molecule has 2 rings (SSSR count). The van der Waals surface area contributed by atoms with Crippen LogP contribution < -0.4 is 10.6 Å². The molecule has 0 saturated carbocycles. The highest BCUT2D eigenvalue weighted by Gasteiger charge is 2.17. The number of hydrogen-bond donors (Lipinski definition) is 2. The Hall–Kier alpha value is -1.18. The highest BCUT2D eigenvalue weighted by atomic mass is 16.5. The van der Waals surface area contributed by atoms with E-state index in [1.165, 1.54) is 0 Å². The van der Waals surface area contributed by atoms with Crippen LogP contribution in [0.2, 0.25) is 0 Å². The van der Waals surface area contributed by atoms with Gasteiger partial charge in [-0.05, 0) is 12.8 Å². The summed E-state index contributed by atoms with van der Waals surface area (Å²) in [5.41, 5.74) is 0. The zero-order valence-corrected chi connectivity index (χ0v) is 12.4. The average molecular weight is 299 g/mol. The van der Waals surface area contributed by atoms with Crippen LogP contribution in [0.1, 0.15) is 19.3 Å². The lowest BCUT2D eigenvalue weighted by molar-refractivity contribution is -0.129. The molecule has 7 heteroatoms. The zero-order valence-electron chi connectivity index (χ0n) is 12.4. The van der Waals surface area contributed by atoms with Crippen LogP contribution in [-0.4, -0.2) is 75.4 Å². The van der Waals surface area contributed by atoms with Gasteiger partial charge in [0.15, 0.2) is 0 Å². The van der Waals surface area contributed by atoms with Crippen molar-refractivity contribution in [1.82, 2.24) is 15.5 Å². The Morgan fingerprint density at radius 1 is 1.10 bits per heavy atom. The predicted molar refractivity (Wildman–Crippen MR) is 76.9 cm³/mol. The topological polar surface area (TPSA) is 79.9 Å². The van der Waals surface area contributed by atoms with Crippen LogP contribution in [0.15, 0.2) is 0 Å². The van der Waals surface area contributed by atoms with E-state index in [0.717, 1.165) is 52.3 Å². The highest BCUT2D eigenvalue weighted by Crippen LogP contribution is 2.10. The van der Waals surface area contributed by atoms with Gasteiger partial charge in [0.25, 0.3) is 0 Å². The van der Waals surface area contributed by atoms with Gasteiger partial charge < -0.3 is 20.1 Å². The van der Waals surface area contributed by atoms with Gasteiger partial charge in [0.2, 0.25) is 11.8 Å². The van der Waals surface area contributed by atoms with Crippen molar-refractivity contribution in [2.24, 2.45) is 0 Å². The van der Waals surface area contributed by atoms with E-state index < -0.39 is 0 Å². The summed E-state index contributed by atoms with van der Waals surface area (Å²) in [6, 6.07) is 0. The van der Waals surface area contributed by atoms with E-state index in [2.05, 4.69) is 15.5 Å². The van der Waals surface area contributed by atoms with Crippen molar-refractivity contribution < 1.29 is 19.1 Å². The second-order valence-electron chi connectivity index (χ2n) is 5.42. The Morgan fingerprint density at radius 2 is 1.86 bits per heavy atom. The molecular formula is C14H25N3O4. The molecule has 2 N–H and O–H groups in total. The predicted octanol–water partition coefficient (Wildman–Crippen LogP) is -0.880. The normalized spacial score (nSPS) is 23.0. The number of rotatable bonds is 7. The SMILES string of the molecule is O=C(CC(=O)NCC1CCCO1)NCCN1CCOCC1. The maximum Gasteiger partial charge on any atom is 0.229 e. The van der Waals surface area contributed by atoms with Crippen molar-refractivity contribution in [3.05, 3.63) is 0 Å². The number of amides is 2. The average Bonchev–Trinajstić information content (AvgIpc) is 2.99. The van der Waals surface area contributed by atoms with E-state index in [4.69, 9.17) is 9.47 Å². The first-order valence-corrected chi connectivity index (χ1v) is 7.69. The van der Waals surface area contributed by atoms with Gasteiger partial charge in [-0.1, -0.05) is 0 Å². The molecule has 0 aromatic rings. The van der Waals surface area contributed by atoms with Gasteiger partial charge in [0.1, 0.15) is 6.42 Å². The van der Waals surface area contributed by atoms with Crippen LogP contribution in [-0.2, 0) is 19.1 Å². The number of hydrogen-bond acceptors (Lipinski definition) is 5. The Bertz CT molecular complexity index is 339. The van der Waals surface area contributed by atoms with Gasteiger partial charge in [-0.3, -0.25) is 14.5 Å². The minimum atomic E-state index is -0.241. The second-order valence-corrected chi connectivity index (χ2v) is 5.42. The molecule has 2 aliphatic heterocycles. The standard InChI is InChI=1S/C14H25N3O4/c18-13(15-3-4-17-5-8-20-9-6-17)10-14(19)16-11-12-2-1-7-21-12/h12H,1-11H2,(H,15,18)(H,16,19). The quantitative estimate of drug-likeness (QED) is 0.597. The van der Waals surface area contributed by atoms with E-state index in [-0.39, 0.29) is 24.3 Å². The first-order valence-electron chi connectivity index (χ1n) is 7.69. The zero-order chi connectivity index (χ0) is 14.9. The molecule has 2 saturated heterocycles. The van der Waals surface area contributed by atoms with Gasteiger partial charge >= 0.3 is 0 Å². The van der Waals surface area contributed by atoms with Crippen LogP contribution in [0.5, 0.6) is 0 Å². The molecule has 120 valence electrons. The second kappa shape index (κ2) is 8.96. The molecule has 2 aliphatic rings. The van der Waals surface area contributed by atoms with E-state index in [1.807, 2.05) is 0 Å². The maximum absolute atomic E-state index is 11.6. The molecule has 1 atom stereocenters. The Kier molecular flexibility index (Phi) is 6.91. The maximum atomic E-state index is 11.6. The molecule has 2 fully saturated rings. The first-order chi connectivity index (χ1) is 10.2. The molecule has 0 spiro atoms. The lowest BCUT2D eigenvalue weighted by atomic mass is 10.2. The van der Waals surface area contributed by atoms with Crippen molar-refractivity contribution >= 4 is 11.8 Å². The van der Waals surface area contributed by atoms with E-state index >= 15 is 0 Å². The van der Waals surface area contributed by atoms with Gasteiger partial charge in [0, 0.05) is 39.3 Å². The van der Waals surface area contributed by atoms with Crippen LogP contribution in [0.25, 0.3) is 0 Å². The third-order valence-corrected chi connectivity index (χ3v) is 3.73. The number of nitrogens with one attached hydrogen (secondary N) is 2. The lowest BCUT2D eigenvalue weighted by Crippen LogP contribution is -2.42. The number of carbonyl (C=O) groups excluding carboxylic acids is 2. The van der Waals surface area contributed by atoms with Crippen LogP contribution in [0.4, 0.5) is 0 Å². The summed E-state index contributed by atoms with van der Waals surface area (Å²) in [7, 11) is 0. The monoisotopic (exact) mass is 299 g/mol. The molecule has 0 aromatic carbocycles. The van der Waals surface area contributed by atoms with Crippen molar-refractivity contribution in [3.63, 3.8) is 0 Å². The largest absolute Gasteiger partial charge is 0.379 e. The number of ether oxygens (including phenoxy) is 2. The third-order valence-electron chi connectivity index (χ3n) is 3.73. The summed E-state index contributed by atoms with van der Waals surface area (Å²) in [5, 5.41) is 5.52. The molecule has 0 radical (unpaired) electrons. The fraction of sp³-hybridized carbons (Fsp3) is 0.857. The molecule has 1 unspecified atom stereocenters. The molecule has 0 aromatic heterocycles. The fourth-order valence-electron chi connectivity index (χ4n) is 2.48. The van der Waals surface area contributed by atoms with Crippen LogP contribution >= 0.6 is 0 Å². The summed E-state index contributed by atoms with van der Waals surface area (Å²) in [6.07, 6.45) is 2.02. The van der Waals surface area contributed by atoms with Gasteiger partial charge in [0.05, 0.1) is 19.3 Å². The Labute approximate surface area is 125 Å². The molecule has 7 nitrogen and oxygen atoms in total. The molecule has 2 amide bonds. The smallest absolute Gasteiger partial charge is 0.229 e. The summed E-state index contributed by atoms with van der Waals surface area (Å²) in [5.74, 6) is -0.470. The first kappa shape index (κ1) is 16.2. The van der Waals surface area contributed by atoms with Crippen LogP contribution in [0.3, 0.4) is 0 Å². The molecule has 21 heavy (non-hydrogen) atoms. The van der Waals surface area contributed by atoms with E-state index in [1.54, 1.807) is 0 Å². The van der Waals surface area contributed by atoms with E-state index in [0.29, 0.717) is 13.1 Å². The number of carbonyl (C=O) groups is 2. The van der Waals surface area contributed by atoms with Crippen molar-refractivity contribution in [1.29, 1.82) is 0 Å². The van der Waals surface area contributed by atoms with Crippen molar-refractivity contribution in [2.45, 2.75) is 25.4 Å². The Balaban J connectivity index is 1.50. The summed E-state index contributed by atoms with van der Waals surface area (Å²) < 4.78 is 10.7. The summed E-state index contributed by atoms with van der Waals surface area (Å²) in [6.45, 7) is 5.93. The number of morpholine rings is 1. The Morgan fingerprint density at radius 3 is 2.57 bits per heavy atom. The van der Waals surface area contributed by atoms with Crippen LogP contribution in [0, 0.1) is 0 Å². The minimum absolute atomic E-state index is 0.110. The van der Waals surface area contributed by atoms with Gasteiger partial charge in [-0.15, -0.1) is 0 Å². The fourth-order valence-corrected chi connectivity index (χ4v) is 2.48. The van der Waals surface area contributed by atoms with Gasteiger partial charge in [-0.2, -0.15) is 0 Å². The summed E-state index contributed by atoms with van der Waals surface area (Å²) in [4.78, 5) is 25.5. The number of nitrogens with zero attached hydrogens (tertiary/aromatic N) is 1. The molecule has 2 heterocycles. The molecule has 0 aliphatic carbocycles. The van der Waals surface area contributed by atoms with Gasteiger partial charge in [-0.25, -0.2) is 0 Å².